The highest BCUT2D eigenvalue weighted by atomic mass is 79.9. The molecule has 9 heteroatoms. The van der Waals surface area contributed by atoms with Crippen molar-refractivity contribution in [1.82, 2.24) is 9.80 Å². The van der Waals surface area contributed by atoms with Crippen molar-refractivity contribution in [2.24, 2.45) is 0 Å². The van der Waals surface area contributed by atoms with Gasteiger partial charge in [-0.1, -0.05) is 51.3 Å². The molecule has 1 unspecified atom stereocenters. The molecule has 2 aromatic rings. The van der Waals surface area contributed by atoms with E-state index in [1.54, 1.807) is 24.1 Å². The van der Waals surface area contributed by atoms with E-state index in [-0.39, 0.29) is 31.0 Å². The highest BCUT2D eigenvalue weighted by Crippen LogP contribution is 2.39. The first-order valence-corrected chi connectivity index (χ1v) is 12.0. The van der Waals surface area contributed by atoms with E-state index in [1.807, 2.05) is 24.3 Å². The fourth-order valence-corrected chi connectivity index (χ4v) is 4.89. The van der Waals surface area contributed by atoms with Gasteiger partial charge in [-0.2, -0.15) is 0 Å². The van der Waals surface area contributed by atoms with Gasteiger partial charge >= 0.3 is 0 Å². The van der Waals surface area contributed by atoms with Crippen LogP contribution in [0.2, 0.25) is 10.0 Å². The van der Waals surface area contributed by atoms with Gasteiger partial charge in [0.2, 0.25) is 5.91 Å². The fraction of sp³-hybridized carbons (Fsp3) is 0.391. The first kappa shape index (κ1) is 23.4. The summed E-state index contributed by atoms with van der Waals surface area (Å²) >= 11 is 15.8. The molecule has 2 aliphatic rings. The van der Waals surface area contributed by atoms with E-state index in [1.165, 1.54) is 17.7 Å². The number of ether oxygens (including phenoxy) is 1. The summed E-state index contributed by atoms with van der Waals surface area (Å²) in [5, 5.41) is 0.638. The Hall–Kier alpha value is -1.80. The van der Waals surface area contributed by atoms with E-state index in [4.69, 9.17) is 27.9 Å². The monoisotopic (exact) mass is 539 g/mol. The van der Waals surface area contributed by atoms with Crippen LogP contribution in [0.15, 0.2) is 40.9 Å². The minimum Gasteiger partial charge on any atom is -0.482 e. The van der Waals surface area contributed by atoms with Crippen LogP contribution in [-0.2, 0) is 9.59 Å². The third-order valence-corrected chi connectivity index (χ3v) is 7.18. The van der Waals surface area contributed by atoms with Crippen molar-refractivity contribution >= 4 is 56.6 Å². The predicted octanol–water partition coefficient (Wildman–Crippen LogP) is 4.78. The number of rotatable bonds is 6. The Balaban J connectivity index is 1.58. The van der Waals surface area contributed by atoms with Crippen LogP contribution in [0.1, 0.15) is 24.4 Å². The number of halogens is 3. The van der Waals surface area contributed by atoms with Crippen LogP contribution < -0.4 is 9.64 Å². The van der Waals surface area contributed by atoms with Crippen molar-refractivity contribution in [2.45, 2.75) is 18.9 Å². The van der Waals surface area contributed by atoms with Crippen LogP contribution in [-0.4, -0.2) is 61.4 Å². The summed E-state index contributed by atoms with van der Waals surface area (Å²) in [5.41, 5.74) is 1.50. The summed E-state index contributed by atoms with van der Waals surface area (Å²) in [7, 11) is 1.80. The molecule has 4 rings (SSSR count). The van der Waals surface area contributed by atoms with E-state index in [2.05, 4.69) is 20.8 Å². The van der Waals surface area contributed by atoms with E-state index in [0.717, 1.165) is 29.7 Å². The van der Waals surface area contributed by atoms with Crippen LogP contribution in [0.25, 0.3) is 0 Å². The van der Waals surface area contributed by atoms with E-state index >= 15 is 0 Å². The summed E-state index contributed by atoms with van der Waals surface area (Å²) in [4.78, 5) is 31.5. The lowest BCUT2D eigenvalue weighted by Gasteiger charge is -2.35. The summed E-state index contributed by atoms with van der Waals surface area (Å²) in [6, 6.07) is 11.0. The molecule has 2 aromatic carbocycles. The minimum atomic E-state index is -0.295. The van der Waals surface area contributed by atoms with Gasteiger partial charge in [-0.3, -0.25) is 14.5 Å². The second-order valence-electron chi connectivity index (χ2n) is 8.09. The maximum atomic E-state index is 13.4. The first-order chi connectivity index (χ1) is 15.3. The zero-order valence-electron chi connectivity index (χ0n) is 17.7. The number of benzene rings is 2. The first-order valence-electron chi connectivity index (χ1n) is 10.5. The standard InChI is InChI=1S/C23H24BrCl2N3O3/c1-27(20(12-28-7-2-3-8-28)15-5-4-6-16(24)9-15)22(30)13-29-19-10-17(25)18(26)11-21(19)32-14-23(29)31/h4-6,9-11,20H,2-3,7-8,12-14H2,1H3. The third-order valence-electron chi connectivity index (χ3n) is 5.96. The molecule has 6 nitrogen and oxygen atoms in total. The maximum Gasteiger partial charge on any atom is 0.265 e. The molecule has 0 aromatic heterocycles. The average molecular weight is 541 g/mol. The van der Waals surface area contributed by atoms with Crippen LogP contribution in [0.4, 0.5) is 5.69 Å². The Morgan fingerprint density at radius 3 is 2.62 bits per heavy atom. The highest BCUT2D eigenvalue weighted by Gasteiger charge is 2.32. The van der Waals surface area contributed by atoms with E-state index < -0.39 is 0 Å². The molecule has 170 valence electrons. The van der Waals surface area contributed by atoms with Gasteiger partial charge in [-0.25, -0.2) is 0 Å². The van der Waals surface area contributed by atoms with Crippen molar-refractivity contribution in [3.05, 3.63) is 56.5 Å². The zero-order chi connectivity index (χ0) is 22.8. The summed E-state index contributed by atoms with van der Waals surface area (Å²) < 4.78 is 6.46. The minimum absolute atomic E-state index is 0.103. The highest BCUT2D eigenvalue weighted by molar-refractivity contribution is 9.10. The molecule has 1 atom stereocenters. The molecule has 2 aliphatic heterocycles. The molecule has 32 heavy (non-hydrogen) atoms. The van der Waals surface area contributed by atoms with Gasteiger partial charge in [-0.05, 0) is 49.7 Å². The van der Waals surface area contributed by atoms with Gasteiger partial charge < -0.3 is 14.5 Å². The average Bonchev–Trinajstić information content (AvgIpc) is 3.28. The van der Waals surface area contributed by atoms with Crippen molar-refractivity contribution in [1.29, 1.82) is 0 Å². The number of likely N-dealkylation sites (N-methyl/N-ethyl adjacent to an activating group) is 1. The van der Waals surface area contributed by atoms with Gasteiger partial charge in [0.05, 0.1) is 21.8 Å². The maximum absolute atomic E-state index is 13.4. The van der Waals surface area contributed by atoms with Crippen LogP contribution >= 0.6 is 39.1 Å². The van der Waals surface area contributed by atoms with Crippen LogP contribution in [0, 0.1) is 0 Å². The van der Waals surface area contributed by atoms with Crippen molar-refractivity contribution in [3.63, 3.8) is 0 Å². The van der Waals surface area contributed by atoms with Gasteiger partial charge in [0.1, 0.15) is 12.3 Å². The normalized spacial score (nSPS) is 17.1. The number of carbonyl (C=O) groups is 2. The van der Waals surface area contributed by atoms with Gasteiger partial charge in [-0.15, -0.1) is 0 Å². The Bertz CT molecular complexity index is 1030. The number of anilines is 1. The molecule has 1 saturated heterocycles. The number of nitrogens with zero attached hydrogens (tertiary/aromatic N) is 3. The molecule has 0 spiro atoms. The molecule has 0 bridgehead atoms. The largest absolute Gasteiger partial charge is 0.482 e. The summed E-state index contributed by atoms with van der Waals surface area (Å²) in [5.74, 6) is -0.0207. The van der Waals surface area contributed by atoms with Crippen molar-refractivity contribution < 1.29 is 14.3 Å². The number of hydrogen-bond donors (Lipinski definition) is 0. The van der Waals surface area contributed by atoms with Crippen LogP contribution in [0.3, 0.4) is 0 Å². The number of amides is 2. The van der Waals surface area contributed by atoms with Crippen LogP contribution in [0.5, 0.6) is 5.75 Å². The number of carbonyl (C=O) groups excluding carboxylic acids is 2. The van der Waals surface area contributed by atoms with E-state index in [9.17, 15) is 9.59 Å². The second kappa shape index (κ2) is 10.00. The van der Waals surface area contributed by atoms with Gasteiger partial charge in [0.25, 0.3) is 5.91 Å². The molecule has 0 radical (unpaired) electrons. The van der Waals surface area contributed by atoms with Crippen molar-refractivity contribution in [3.8, 4) is 5.75 Å². The van der Waals surface area contributed by atoms with Gasteiger partial charge in [0.15, 0.2) is 6.61 Å². The Kier molecular flexibility index (Phi) is 7.30. The molecule has 1 fully saturated rings. The smallest absolute Gasteiger partial charge is 0.265 e. The molecule has 2 heterocycles. The lowest BCUT2D eigenvalue weighted by molar-refractivity contribution is -0.133. The predicted molar refractivity (Wildman–Crippen MR) is 130 cm³/mol. The molecular weight excluding hydrogens is 517 g/mol. The molecule has 2 amide bonds. The SMILES string of the molecule is CN(C(=O)CN1C(=O)COc2cc(Cl)c(Cl)cc21)C(CN1CCCC1)c1cccc(Br)c1. The lowest BCUT2D eigenvalue weighted by Crippen LogP contribution is -2.47. The molecule has 0 aliphatic carbocycles. The lowest BCUT2D eigenvalue weighted by atomic mass is 10.0. The zero-order valence-corrected chi connectivity index (χ0v) is 20.8. The fourth-order valence-electron chi connectivity index (χ4n) is 4.17. The Morgan fingerprint density at radius 2 is 1.91 bits per heavy atom. The number of fused-ring (bicyclic) bond motifs is 1. The number of likely N-dealkylation sites (tertiary alicyclic amines) is 1. The van der Waals surface area contributed by atoms with Gasteiger partial charge in [0, 0.05) is 24.1 Å². The number of hydrogen-bond acceptors (Lipinski definition) is 4. The molecular formula is C23H24BrCl2N3O3. The Labute approximate surface area is 206 Å². The summed E-state index contributed by atoms with van der Waals surface area (Å²) in [6.45, 7) is 2.55. The summed E-state index contributed by atoms with van der Waals surface area (Å²) in [6.07, 6.45) is 2.34. The van der Waals surface area contributed by atoms with Crippen molar-refractivity contribution in [2.75, 3.05) is 44.7 Å². The molecule has 0 saturated carbocycles. The quantitative estimate of drug-likeness (QED) is 0.529. The van der Waals surface area contributed by atoms with E-state index in [0.29, 0.717) is 21.5 Å². The second-order valence-corrected chi connectivity index (χ2v) is 9.82. The topological polar surface area (TPSA) is 53.1 Å². The Morgan fingerprint density at radius 1 is 1.19 bits per heavy atom. The molecule has 0 N–H and O–H groups in total. The third kappa shape index (κ3) is 5.06.